The average Bonchev–Trinajstić information content (AvgIpc) is 3.58. The van der Waals surface area contributed by atoms with E-state index < -0.39 is 0 Å². The van der Waals surface area contributed by atoms with Crippen molar-refractivity contribution < 1.29 is 9.53 Å². The Morgan fingerprint density at radius 2 is 1.97 bits per heavy atom. The third-order valence-corrected chi connectivity index (χ3v) is 7.08. The Hall–Kier alpha value is -3.09. The second kappa shape index (κ2) is 7.80. The first-order chi connectivity index (χ1) is 15.7. The summed E-state index contributed by atoms with van der Waals surface area (Å²) in [4.78, 5) is 22.9. The number of likely N-dealkylation sites (tertiary alicyclic amines) is 1. The highest BCUT2D eigenvalue weighted by molar-refractivity contribution is 5.98. The van der Waals surface area contributed by atoms with Gasteiger partial charge in [-0.15, -0.1) is 0 Å². The molecule has 1 unspecified atom stereocenters. The van der Waals surface area contributed by atoms with Gasteiger partial charge in [-0.05, 0) is 50.7 Å². The number of benzene rings is 1. The normalized spacial score (nSPS) is 20.6. The lowest BCUT2D eigenvalue weighted by molar-refractivity contribution is 0.0602. The average molecular weight is 432 g/mol. The van der Waals surface area contributed by atoms with Crippen LogP contribution in [-0.2, 0) is 6.42 Å². The zero-order valence-electron chi connectivity index (χ0n) is 18.6. The highest BCUT2D eigenvalue weighted by atomic mass is 16.5. The number of amides is 1. The van der Waals surface area contributed by atoms with Gasteiger partial charge in [0.2, 0.25) is 0 Å². The van der Waals surface area contributed by atoms with Gasteiger partial charge in [0.05, 0.1) is 23.9 Å². The number of carbonyl (C=O) groups is 1. The lowest BCUT2D eigenvalue weighted by Crippen LogP contribution is -2.38. The minimum atomic E-state index is -0.0363. The minimum Gasteiger partial charge on any atom is -0.492 e. The van der Waals surface area contributed by atoms with Crippen molar-refractivity contribution >= 4 is 17.4 Å². The van der Waals surface area contributed by atoms with Crippen LogP contribution in [0.4, 0.5) is 5.82 Å². The maximum Gasteiger partial charge on any atom is 0.258 e. The summed E-state index contributed by atoms with van der Waals surface area (Å²) < 4.78 is 7.70. The Morgan fingerprint density at radius 1 is 1.12 bits per heavy atom. The lowest BCUT2D eigenvalue weighted by Gasteiger charge is -2.35. The van der Waals surface area contributed by atoms with Crippen molar-refractivity contribution in [1.29, 1.82) is 0 Å². The Morgan fingerprint density at radius 3 is 2.84 bits per heavy atom. The fourth-order valence-electron chi connectivity index (χ4n) is 5.45. The van der Waals surface area contributed by atoms with E-state index in [0.29, 0.717) is 12.2 Å². The third-order valence-electron chi connectivity index (χ3n) is 7.08. The number of aromatic nitrogens is 3. The maximum atomic E-state index is 13.6. The number of piperidine rings is 1. The molecule has 5 heterocycles. The molecular weight excluding hydrogens is 402 g/mol. The summed E-state index contributed by atoms with van der Waals surface area (Å²) in [5, 5.41) is 4.87. The van der Waals surface area contributed by atoms with E-state index in [9.17, 15) is 4.79 Å². The van der Waals surface area contributed by atoms with E-state index in [1.165, 1.54) is 12.8 Å². The molecule has 0 spiro atoms. The monoisotopic (exact) mass is 431 g/mol. The number of carbonyl (C=O) groups excluding carboxylic acids is 1. The maximum absolute atomic E-state index is 13.6. The molecule has 7 nitrogen and oxygen atoms in total. The molecule has 2 saturated heterocycles. The number of nitrogens with zero attached hydrogens (tertiary/aromatic N) is 5. The van der Waals surface area contributed by atoms with Crippen LogP contribution in [0.15, 0.2) is 30.5 Å². The van der Waals surface area contributed by atoms with Crippen LogP contribution in [0.3, 0.4) is 0 Å². The number of fused-ring (bicyclic) bond motifs is 2. The molecule has 1 aromatic carbocycles. The number of rotatable bonds is 3. The fourth-order valence-corrected chi connectivity index (χ4v) is 5.45. The first-order valence-electron chi connectivity index (χ1n) is 11.9. The van der Waals surface area contributed by atoms with Gasteiger partial charge in [-0.1, -0.05) is 12.1 Å². The standard InChI is InChI=1S/C25H29N5O2/c1-17-16-30-22(26-24(17)28-11-4-5-12-28)15-20(27-30)21-9-2-3-13-29(21)25(31)19-8-6-7-18-10-14-32-23(18)19/h6-8,15-16,21H,2-5,9-14H2,1H3. The van der Waals surface area contributed by atoms with Gasteiger partial charge in [-0.2, -0.15) is 5.10 Å². The van der Waals surface area contributed by atoms with Crippen molar-refractivity contribution in [2.45, 2.75) is 51.5 Å². The first kappa shape index (κ1) is 19.6. The largest absolute Gasteiger partial charge is 0.492 e. The molecule has 0 bridgehead atoms. The van der Waals surface area contributed by atoms with E-state index in [1.807, 2.05) is 21.5 Å². The van der Waals surface area contributed by atoms with E-state index in [2.05, 4.69) is 30.2 Å². The summed E-state index contributed by atoms with van der Waals surface area (Å²) in [5.41, 5.74) is 4.74. The van der Waals surface area contributed by atoms with E-state index in [0.717, 1.165) is 79.4 Å². The molecule has 2 aromatic heterocycles. The van der Waals surface area contributed by atoms with Crippen LogP contribution in [0, 0.1) is 6.92 Å². The number of aryl methyl sites for hydroxylation is 1. The van der Waals surface area contributed by atoms with Crippen molar-refractivity contribution in [1.82, 2.24) is 19.5 Å². The second-order valence-corrected chi connectivity index (χ2v) is 9.22. The Bertz CT molecular complexity index is 1180. The molecule has 1 atom stereocenters. The van der Waals surface area contributed by atoms with Crippen LogP contribution in [0.25, 0.3) is 5.65 Å². The van der Waals surface area contributed by atoms with Gasteiger partial charge in [0, 0.05) is 43.9 Å². The van der Waals surface area contributed by atoms with Gasteiger partial charge < -0.3 is 14.5 Å². The second-order valence-electron chi connectivity index (χ2n) is 9.22. The quantitative estimate of drug-likeness (QED) is 0.629. The smallest absolute Gasteiger partial charge is 0.258 e. The molecule has 3 aromatic rings. The summed E-state index contributed by atoms with van der Waals surface area (Å²) in [6.45, 7) is 5.64. The van der Waals surface area contributed by atoms with Crippen LogP contribution >= 0.6 is 0 Å². The Balaban J connectivity index is 1.35. The van der Waals surface area contributed by atoms with Crippen LogP contribution in [0.2, 0.25) is 0 Å². The Kier molecular flexibility index (Phi) is 4.77. The molecule has 6 rings (SSSR count). The van der Waals surface area contributed by atoms with E-state index in [-0.39, 0.29) is 11.9 Å². The number of hydrogen-bond acceptors (Lipinski definition) is 5. The first-order valence-corrected chi connectivity index (χ1v) is 11.9. The highest BCUT2D eigenvalue weighted by Crippen LogP contribution is 2.36. The van der Waals surface area contributed by atoms with E-state index in [1.54, 1.807) is 0 Å². The predicted octanol–water partition coefficient (Wildman–Crippen LogP) is 3.94. The van der Waals surface area contributed by atoms with Gasteiger partial charge in [0.25, 0.3) is 5.91 Å². The van der Waals surface area contributed by atoms with Crippen molar-refractivity contribution in [2.24, 2.45) is 0 Å². The minimum absolute atomic E-state index is 0.0363. The summed E-state index contributed by atoms with van der Waals surface area (Å²) in [7, 11) is 0. The van der Waals surface area contributed by atoms with Gasteiger partial charge in [-0.3, -0.25) is 4.79 Å². The van der Waals surface area contributed by atoms with Crippen LogP contribution < -0.4 is 9.64 Å². The van der Waals surface area contributed by atoms with Crippen LogP contribution in [-0.4, -0.2) is 51.6 Å². The van der Waals surface area contributed by atoms with Crippen molar-refractivity contribution in [3.05, 3.63) is 52.8 Å². The molecule has 3 aliphatic rings. The molecule has 1 amide bonds. The summed E-state index contributed by atoms with van der Waals surface area (Å²) in [6, 6.07) is 7.96. The molecule has 0 saturated carbocycles. The topological polar surface area (TPSA) is 63.0 Å². The third kappa shape index (κ3) is 3.22. The number of para-hydroxylation sites is 1. The van der Waals surface area contributed by atoms with E-state index >= 15 is 0 Å². The molecule has 2 fully saturated rings. The summed E-state index contributed by atoms with van der Waals surface area (Å²) >= 11 is 0. The lowest BCUT2D eigenvalue weighted by atomic mass is 9.97. The highest BCUT2D eigenvalue weighted by Gasteiger charge is 2.33. The van der Waals surface area contributed by atoms with Crippen LogP contribution in [0.1, 0.15) is 65.3 Å². The number of anilines is 1. The zero-order valence-corrected chi connectivity index (χ0v) is 18.6. The molecule has 7 heteroatoms. The molecule has 0 aliphatic carbocycles. The molecule has 0 radical (unpaired) electrons. The van der Waals surface area contributed by atoms with Gasteiger partial charge in [0.15, 0.2) is 5.65 Å². The van der Waals surface area contributed by atoms with E-state index in [4.69, 9.17) is 14.8 Å². The molecule has 0 N–H and O–H groups in total. The van der Waals surface area contributed by atoms with Crippen molar-refractivity contribution in [2.75, 3.05) is 31.1 Å². The number of hydrogen-bond donors (Lipinski definition) is 0. The zero-order chi connectivity index (χ0) is 21.7. The van der Waals surface area contributed by atoms with Crippen LogP contribution in [0.5, 0.6) is 5.75 Å². The predicted molar refractivity (Wildman–Crippen MR) is 122 cm³/mol. The summed E-state index contributed by atoms with van der Waals surface area (Å²) in [5.74, 6) is 1.88. The number of ether oxygens (including phenoxy) is 1. The fraction of sp³-hybridized carbons (Fsp3) is 0.480. The molecular formula is C25H29N5O2. The Labute approximate surface area is 188 Å². The summed E-state index contributed by atoms with van der Waals surface area (Å²) in [6.07, 6.45) is 8.43. The van der Waals surface area contributed by atoms with Gasteiger partial charge in [-0.25, -0.2) is 9.50 Å². The SMILES string of the molecule is Cc1cn2nc(C3CCCCN3C(=O)c3cccc4c3OCC4)cc2nc1N1CCCC1. The van der Waals surface area contributed by atoms with Crippen molar-refractivity contribution in [3.8, 4) is 5.75 Å². The van der Waals surface area contributed by atoms with Crippen molar-refractivity contribution in [3.63, 3.8) is 0 Å². The molecule has 3 aliphatic heterocycles. The van der Waals surface area contributed by atoms with Gasteiger partial charge in [0.1, 0.15) is 11.6 Å². The molecule has 32 heavy (non-hydrogen) atoms. The molecule has 166 valence electrons. The van der Waals surface area contributed by atoms with Gasteiger partial charge >= 0.3 is 0 Å².